The van der Waals surface area contributed by atoms with Gasteiger partial charge in [-0.2, -0.15) is 0 Å². The predicted octanol–water partition coefficient (Wildman–Crippen LogP) is 2.84. The summed E-state index contributed by atoms with van der Waals surface area (Å²) in [6, 6.07) is 0. The maximum absolute atomic E-state index is 12.1. The number of carbonyl (C=O) groups excluding carboxylic acids is 1. The number of rotatable bonds is 2. The molecule has 0 N–H and O–H groups in total. The van der Waals surface area contributed by atoms with Crippen LogP contribution in [-0.2, 0) is 0 Å². The fourth-order valence-corrected chi connectivity index (χ4v) is 2.83. The van der Waals surface area contributed by atoms with Crippen molar-refractivity contribution in [1.82, 2.24) is 15.1 Å². The van der Waals surface area contributed by atoms with E-state index in [1.165, 1.54) is 6.42 Å². The summed E-state index contributed by atoms with van der Waals surface area (Å²) in [5.74, 6) is -0.0347. The molecule has 6 heteroatoms. The van der Waals surface area contributed by atoms with Crippen LogP contribution in [0.5, 0.6) is 0 Å². The highest BCUT2D eigenvalue weighted by Gasteiger charge is 2.31. The Balaban J connectivity index is 1.99. The summed E-state index contributed by atoms with van der Waals surface area (Å²) < 4.78 is 0.323. The molecular formula is C11H16ClN3OS. The Hall–Kier alpha value is -0.680. The van der Waals surface area contributed by atoms with Gasteiger partial charge in [0, 0.05) is 13.1 Å². The second kappa shape index (κ2) is 4.90. The van der Waals surface area contributed by atoms with Crippen LogP contribution in [-0.4, -0.2) is 34.1 Å². The first kappa shape index (κ1) is 12.8. The van der Waals surface area contributed by atoms with Gasteiger partial charge in [-0.25, -0.2) is 0 Å². The molecular weight excluding hydrogens is 258 g/mol. The van der Waals surface area contributed by atoms with Crippen molar-refractivity contribution in [2.45, 2.75) is 33.1 Å². The normalized spacial score (nSPS) is 19.4. The van der Waals surface area contributed by atoms with Crippen molar-refractivity contribution in [2.75, 3.05) is 13.1 Å². The molecule has 1 fully saturated rings. The van der Waals surface area contributed by atoms with Crippen LogP contribution >= 0.6 is 22.9 Å². The number of hydrogen-bond donors (Lipinski definition) is 0. The van der Waals surface area contributed by atoms with E-state index in [1.54, 1.807) is 0 Å². The minimum Gasteiger partial charge on any atom is -0.336 e. The lowest BCUT2D eigenvalue weighted by molar-refractivity contribution is 0.0599. The molecule has 1 saturated heterocycles. The number of hydrogen-bond acceptors (Lipinski definition) is 4. The molecule has 0 aliphatic carbocycles. The summed E-state index contributed by atoms with van der Waals surface area (Å²) in [6.45, 7) is 6.11. The summed E-state index contributed by atoms with van der Waals surface area (Å²) in [5, 5.41) is 7.85. The van der Waals surface area contributed by atoms with Crippen LogP contribution < -0.4 is 0 Å². The molecule has 1 aliphatic rings. The van der Waals surface area contributed by atoms with Crippen LogP contribution in [0.3, 0.4) is 0 Å². The second-order valence-electron chi connectivity index (χ2n) is 4.82. The molecule has 1 aliphatic heterocycles. The van der Waals surface area contributed by atoms with E-state index in [0.717, 1.165) is 37.3 Å². The van der Waals surface area contributed by atoms with Gasteiger partial charge < -0.3 is 4.90 Å². The Bertz CT molecular complexity index is 413. The quantitative estimate of drug-likeness (QED) is 0.832. The molecule has 1 amide bonds. The van der Waals surface area contributed by atoms with E-state index in [-0.39, 0.29) is 5.91 Å². The average Bonchev–Trinajstić information content (AvgIpc) is 2.76. The third kappa shape index (κ3) is 2.77. The number of amides is 1. The molecule has 1 aromatic rings. The van der Waals surface area contributed by atoms with Gasteiger partial charge in [0.1, 0.15) is 0 Å². The lowest BCUT2D eigenvalue weighted by Gasteiger charge is -2.38. The lowest BCUT2D eigenvalue weighted by atomic mass is 9.78. The fraction of sp³-hybridized carbons (Fsp3) is 0.727. The summed E-state index contributed by atoms with van der Waals surface area (Å²) in [5.41, 5.74) is 0.384. The molecule has 2 rings (SSSR count). The summed E-state index contributed by atoms with van der Waals surface area (Å²) in [7, 11) is 0. The van der Waals surface area contributed by atoms with Crippen LogP contribution in [0.4, 0.5) is 0 Å². The van der Waals surface area contributed by atoms with Gasteiger partial charge in [-0.15, -0.1) is 10.2 Å². The average molecular weight is 274 g/mol. The second-order valence-corrected chi connectivity index (χ2v) is 6.38. The molecule has 94 valence electrons. The van der Waals surface area contributed by atoms with Gasteiger partial charge in [0.2, 0.25) is 9.47 Å². The van der Waals surface area contributed by atoms with Crippen LogP contribution in [0.15, 0.2) is 0 Å². The lowest BCUT2D eigenvalue weighted by Crippen LogP contribution is -2.41. The van der Waals surface area contributed by atoms with Gasteiger partial charge in [-0.1, -0.05) is 31.6 Å². The number of piperidine rings is 1. The molecule has 0 saturated carbocycles. The van der Waals surface area contributed by atoms with E-state index in [1.807, 2.05) is 4.90 Å². The minimum absolute atomic E-state index is 0.0347. The van der Waals surface area contributed by atoms with E-state index in [0.29, 0.717) is 14.9 Å². The molecule has 1 aromatic heterocycles. The van der Waals surface area contributed by atoms with Gasteiger partial charge in [0.25, 0.3) is 5.91 Å². The van der Waals surface area contributed by atoms with E-state index in [4.69, 9.17) is 11.6 Å². The largest absolute Gasteiger partial charge is 0.336 e. The Morgan fingerprint density at radius 3 is 2.59 bits per heavy atom. The number of nitrogens with zero attached hydrogens (tertiary/aromatic N) is 3. The number of carbonyl (C=O) groups is 1. The summed E-state index contributed by atoms with van der Waals surface area (Å²) >= 11 is 6.83. The Labute approximate surface area is 110 Å². The highest BCUT2D eigenvalue weighted by Crippen LogP contribution is 2.34. The monoisotopic (exact) mass is 273 g/mol. The van der Waals surface area contributed by atoms with Crippen molar-refractivity contribution in [2.24, 2.45) is 5.41 Å². The zero-order chi connectivity index (χ0) is 12.5. The Morgan fingerprint density at radius 2 is 2.12 bits per heavy atom. The van der Waals surface area contributed by atoms with Gasteiger partial charge >= 0.3 is 0 Å². The van der Waals surface area contributed by atoms with Gasteiger partial charge in [0.05, 0.1) is 0 Å². The third-order valence-electron chi connectivity index (χ3n) is 3.69. The van der Waals surface area contributed by atoms with Gasteiger partial charge in [0.15, 0.2) is 0 Å². The summed E-state index contributed by atoms with van der Waals surface area (Å²) in [4.78, 5) is 13.9. The Kier molecular flexibility index (Phi) is 3.68. The molecule has 17 heavy (non-hydrogen) atoms. The molecule has 0 atom stereocenters. The van der Waals surface area contributed by atoms with Crippen LogP contribution in [0.1, 0.15) is 42.9 Å². The molecule has 2 heterocycles. The van der Waals surface area contributed by atoms with Crippen molar-refractivity contribution < 1.29 is 4.79 Å². The summed E-state index contributed by atoms with van der Waals surface area (Å²) in [6.07, 6.45) is 3.28. The van der Waals surface area contributed by atoms with E-state index in [2.05, 4.69) is 24.0 Å². The van der Waals surface area contributed by atoms with Crippen LogP contribution in [0.25, 0.3) is 0 Å². The van der Waals surface area contributed by atoms with Crippen molar-refractivity contribution in [1.29, 1.82) is 0 Å². The molecule has 0 bridgehead atoms. The molecule has 0 aromatic carbocycles. The number of aromatic nitrogens is 2. The Morgan fingerprint density at radius 1 is 1.47 bits per heavy atom. The topological polar surface area (TPSA) is 46.1 Å². The number of halogens is 1. The van der Waals surface area contributed by atoms with Crippen LogP contribution in [0.2, 0.25) is 4.47 Å². The SMILES string of the molecule is CCC1(C)CCN(C(=O)c2nnc(Cl)s2)CC1. The smallest absolute Gasteiger partial charge is 0.284 e. The predicted molar refractivity (Wildman–Crippen MR) is 68.5 cm³/mol. The van der Waals surface area contributed by atoms with Crippen LogP contribution in [0, 0.1) is 5.41 Å². The zero-order valence-corrected chi connectivity index (χ0v) is 11.6. The van der Waals surface area contributed by atoms with E-state index < -0.39 is 0 Å². The first-order valence-corrected chi connectivity index (χ1v) is 7.02. The van der Waals surface area contributed by atoms with Gasteiger partial charge in [-0.3, -0.25) is 4.79 Å². The maximum atomic E-state index is 12.1. The first-order valence-electron chi connectivity index (χ1n) is 5.82. The van der Waals surface area contributed by atoms with Crippen molar-refractivity contribution in [3.05, 3.63) is 9.47 Å². The maximum Gasteiger partial charge on any atom is 0.284 e. The fourth-order valence-electron chi connectivity index (χ4n) is 2.03. The molecule has 0 spiro atoms. The molecule has 4 nitrogen and oxygen atoms in total. The molecule has 0 radical (unpaired) electrons. The van der Waals surface area contributed by atoms with Crippen molar-refractivity contribution >= 4 is 28.8 Å². The third-order valence-corrected chi connectivity index (χ3v) is 4.70. The minimum atomic E-state index is -0.0347. The molecule has 0 unspecified atom stereocenters. The zero-order valence-electron chi connectivity index (χ0n) is 10.1. The standard InChI is InChI=1S/C11H16ClN3OS/c1-3-11(2)4-6-15(7-5-11)9(16)8-13-14-10(12)17-8/h3-7H2,1-2H3. The number of likely N-dealkylation sites (tertiary alicyclic amines) is 1. The first-order chi connectivity index (χ1) is 8.04. The highest BCUT2D eigenvalue weighted by atomic mass is 35.5. The van der Waals surface area contributed by atoms with Gasteiger partial charge in [-0.05, 0) is 29.9 Å². The van der Waals surface area contributed by atoms with Crippen molar-refractivity contribution in [3.8, 4) is 0 Å². The van der Waals surface area contributed by atoms with Crippen molar-refractivity contribution in [3.63, 3.8) is 0 Å². The van der Waals surface area contributed by atoms with E-state index in [9.17, 15) is 4.79 Å². The highest BCUT2D eigenvalue weighted by molar-refractivity contribution is 7.17. The van der Waals surface area contributed by atoms with E-state index >= 15 is 0 Å².